The van der Waals surface area contributed by atoms with Crippen molar-refractivity contribution in [3.8, 4) is 11.3 Å². The highest BCUT2D eigenvalue weighted by Gasteiger charge is 2.30. The first-order chi connectivity index (χ1) is 14.4. The highest BCUT2D eigenvalue weighted by molar-refractivity contribution is 5.86. The van der Waals surface area contributed by atoms with Crippen molar-refractivity contribution in [1.29, 1.82) is 0 Å². The summed E-state index contributed by atoms with van der Waals surface area (Å²) in [6.45, 7) is 0. The van der Waals surface area contributed by atoms with Crippen LogP contribution in [0.25, 0.3) is 32.9 Å². The van der Waals surface area contributed by atoms with Gasteiger partial charge < -0.3 is 0 Å². The van der Waals surface area contributed by atoms with Gasteiger partial charge >= 0.3 is 6.18 Å². The van der Waals surface area contributed by atoms with E-state index in [4.69, 9.17) is 0 Å². The van der Waals surface area contributed by atoms with Gasteiger partial charge in [-0.05, 0) is 36.4 Å². The number of aromatic nitrogens is 2. The predicted octanol–water partition coefficient (Wildman–Crippen LogP) is 4.75. The van der Waals surface area contributed by atoms with Gasteiger partial charge in [0, 0.05) is 10.9 Å². The molecule has 0 aliphatic carbocycles. The number of benzene rings is 3. The lowest BCUT2D eigenvalue weighted by atomic mass is 10.1. The lowest BCUT2D eigenvalue weighted by Crippen LogP contribution is -2.31. The van der Waals surface area contributed by atoms with E-state index in [1.807, 2.05) is 0 Å². The Bertz CT molecular complexity index is 1560. The van der Waals surface area contributed by atoms with E-state index < -0.39 is 17.3 Å². The molecule has 5 aromatic rings. The maximum absolute atomic E-state index is 13.3. The zero-order valence-corrected chi connectivity index (χ0v) is 15.4. The smallest absolute Gasteiger partial charge is 0.267 e. The Balaban J connectivity index is 1.97. The molecule has 2 heterocycles. The van der Waals surface area contributed by atoms with Crippen LogP contribution in [0.15, 0.2) is 88.5 Å². The van der Waals surface area contributed by atoms with E-state index in [2.05, 4.69) is 0 Å². The molecule has 0 saturated heterocycles. The van der Waals surface area contributed by atoms with E-state index in [-0.39, 0.29) is 16.3 Å². The average Bonchev–Trinajstić information content (AvgIpc) is 2.76. The molecule has 0 N–H and O–H groups in total. The molecule has 0 unspecified atom stereocenters. The number of hydrogen-bond donors (Lipinski definition) is 0. The van der Waals surface area contributed by atoms with E-state index in [0.29, 0.717) is 22.2 Å². The first-order valence-corrected chi connectivity index (χ1v) is 9.12. The van der Waals surface area contributed by atoms with Gasteiger partial charge in [0.2, 0.25) is 0 Å². The Kier molecular flexibility index (Phi) is 3.83. The van der Waals surface area contributed by atoms with Gasteiger partial charge in [-0.2, -0.15) is 13.2 Å². The third kappa shape index (κ3) is 2.62. The molecular weight excluding hydrogens is 393 g/mol. The fourth-order valence-electron chi connectivity index (χ4n) is 3.75. The topological polar surface area (TPSA) is 43.0 Å². The van der Waals surface area contributed by atoms with E-state index in [1.54, 1.807) is 54.6 Å². The van der Waals surface area contributed by atoms with Crippen molar-refractivity contribution in [3.05, 3.63) is 105 Å². The van der Waals surface area contributed by atoms with Crippen LogP contribution in [0, 0.1) is 0 Å². The number of nitrogens with zero attached hydrogens (tertiary/aromatic N) is 2. The van der Waals surface area contributed by atoms with Gasteiger partial charge in [0.1, 0.15) is 0 Å². The first kappa shape index (κ1) is 18.2. The van der Waals surface area contributed by atoms with Gasteiger partial charge in [0.15, 0.2) is 0 Å². The molecule has 5 rings (SSSR count). The van der Waals surface area contributed by atoms with E-state index in [1.165, 1.54) is 21.2 Å². The second-order valence-electron chi connectivity index (χ2n) is 6.94. The van der Waals surface area contributed by atoms with Crippen molar-refractivity contribution in [1.82, 2.24) is 9.03 Å². The lowest BCUT2D eigenvalue weighted by molar-refractivity contribution is -0.137. The predicted molar refractivity (Wildman–Crippen MR) is 109 cm³/mol. The van der Waals surface area contributed by atoms with E-state index in [0.717, 1.165) is 12.1 Å². The molecular formula is C23H13F3N2O2. The molecule has 0 saturated carbocycles. The Morgan fingerprint density at radius 2 is 1.23 bits per heavy atom. The van der Waals surface area contributed by atoms with Crippen molar-refractivity contribution in [2.45, 2.75) is 6.18 Å². The van der Waals surface area contributed by atoms with Crippen LogP contribution in [-0.4, -0.2) is 9.03 Å². The maximum atomic E-state index is 13.3. The minimum atomic E-state index is -4.46. The number of halogens is 3. The molecule has 2 aromatic heterocycles. The molecule has 4 nitrogen and oxygen atoms in total. The number of hydrogen-bond acceptors (Lipinski definition) is 2. The molecule has 0 radical (unpaired) electrons. The van der Waals surface area contributed by atoms with Crippen molar-refractivity contribution < 1.29 is 13.2 Å². The summed E-state index contributed by atoms with van der Waals surface area (Å²) in [6.07, 6.45) is -4.46. The summed E-state index contributed by atoms with van der Waals surface area (Å²) in [6, 6.07) is 19.8. The second kappa shape index (κ2) is 6.32. The Hall–Kier alpha value is -3.87. The summed E-state index contributed by atoms with van der Waals surface area (Å²) in [5, 5.41) is 1.21. The summed E-state index contributed by atoms with van der Waals surface area (Å²) in [5.74, 6) is 0. The second-order valence-corrected chi connectivity index (χ2v) is 6.94. The van der Waals surface area contributed by atoms with Gasteiger partial charge in [0.25, 0.3) is 11.1 Å². The number of fused-ring (bicyclic) bond motifs is 4. The summed E-state index contributed by atoms with van der Waals surface area (Å²) in [4.78, 5) is 26.6. The van der Waals surface area contributed by atoms with Crippen molar-refractivity contribution in [3.63, 3.8) is 0 Å². The van der Waals surface area contributed by atoms with Crippen LogP contribution >= 0.6 is 0 Å². The minimum Gasteiger partial charge on any atom is -0.267 e. The fourth-order valence-corrected chi connectivity index (χ4v) is 3.75. The molecule has 30 heavy (non-hydrogen) atoms. The van der Waals surface area contributed by atoms with Crippen LogP contribution in [0.3, 0.4) is 0 Å². The Morgan fingerprint density at radius 1 is 0.667 bits per heavy atom. The van der Waals surface area contributed by atoms with Gasteiger partial charge in [0.05, 0.1) is 27.5 Å². The standard InChI is InChI=1S/C23H13F3N2O2/c24-23(25,26)16-11-9-14(10-12-16)20-13-15-5-1-4-8-19(15)27-21(29)17-6-2-3-7-18(17)22(30)28(20)27/h1-13H. The molecule has 0 fully saturated rings. The molecule has 0 atom stereocenters. The van der Waals surface area contributed by atoms with Gasteiger partial charge in [-0.25, -0.2) is 9.03 Å². The fraction of sp³-hybridized carbons (Fsp3) is 0.0435. The lowest BCUT2D eigenvalue weighted by Gasteiger charge is -2.15. The Labute approximate surface area is 167 Å². The number of para-hydroxylation sites is 1. The zero-order valence-electron chi connectivity index (χ0n) is 15.4. The van der Waals surface area contributed by atoms with Gasteiger partial charge in [-0.15, -0.1) is 0 Å². The summed E-state index contributed by atoms with van der Waals surface area (Å²) in [5.41, 5.74) is -0.341. The van der Waals surface area contributed by atoms with Gasteiger partial charge in [-0.1, -0.05) is 42.5 Å². The molecule has 0 aliphatic heterocycles. The van der Waals surface area contributed by atoms with Crippen LogP contribution < -0.4 is 11.1 Å². The van der Waals surface area contributed by atoms with Crippen molar-refractivity contribution in [2.75, 3.05) is 0 Å². The summed E-state index contributed by atoms with van der Waals surface area (Å²) in [7, 11) is 0. The van der Waals surface area contributed by atoms with Crippen molar-refractivity contribution >= 4 is 21.7 Å². The third-order valence-corrected chi connectivity index (χ3v) is 5.17. The van der Waals surface area contributed by atoms with Crippen LogP contribution in [0.5, 0.6) is 0 Å². The zero-order chi connectivity index (χ0) is 21.0. The van der Waals surface area contributed by atoms with Crippen LogP contribution in [0.1, 0.15) is 5.56 Å². The van der Waals surface area contributed by atoms with Crippen LogP contribution in [0.4, 0.5) is 13.2 Å². The highest BCUT2D eigenvalue weighted by atomic mass is 19.4. The monoisotopic (exact) mass is 406 g/mol. The minimum absolute atomic E-state index is 0.246. The molecule has 7 heteroatoms. The molecule has 0 bridgehead atoms. The molecule has 148 valence electrons. The highest BCUT2D eigenvalue weighted by Crippen LogP contribution is 2.31. The first-order valence-electron chi connectivity index (χ1n) is 9.12. The van der Waals surface area contributed by atoms with Crippen LogP contribution in [0.2, 0.25) is 0 Å². The molecule has 3 aromatic carbocycles. The molecule has 0 amide bonds. The van der Waals surface area contributed by atoms with E-state index >= 15 is 0 Å². The summed E-state index contributed by atoms with van der Waals surface area (Å²) >= 11 is 0. The normalized spacial score (nSPS) is 12.1. The van der Waals surface area contributed by atoms with Crippen LogP contribution in [-0.2, 0) is 6.18 Å². The molecule has 0 spiro atoms. The molecule has 0 aliphatic rings. The van der Waals surface area contributed by atoms with Gasteiger partial charge in [-0.3, -0.25) is 9.59 Å². The average molecular weight is 406 g/mol. The largest absolute Gasteiger partial charge is 0.416 e. The van der Waals surface area contributed by atoms with Crippen molar-refractivity contribution in [2.24, 2.45) is 0 Å². The number of rotatable bonds is 1. The number of alkyl halides is 3. The quantitative estimate of drug-likeness (QED) is 0.298. The third-order valence-electron chi connectivity index (χ3n) is 5.17. The maximum Gasteiger partial charge on any atom is 0.416 e. The Morgan fingerprint density at radius 3 is 1.87 bits per heavy atom. The van der Waals surface area contributed by atoms with E-state index in [9.17, 15) is 22.8 Å². The SMILES string of the molecule is O=c1c2ccccc2c(=O)n2c3ccccc3cc(-c3ccc(C(F)(F)F)cc3)n12. The summed E-state index contributed by atoms with van der Waals surface area (Å²) < 4.78 is 41.4.